The van der Waals surface area contributed by atoms with E-state index >= 15 is 0 Å². The molecule has 1 fully saturated rings. The van der Waals surface area contributed by atoms with E-state index in [4.69, 9.17) is 5.73 Å². The molecule has 2 N–H and O–H groups in total. The van der Waals surface area contributed by atoms with Gasteiger partial charge in [0.25, 0.3) is 0 Å². The van der Waals surface area contributed by atoms with E-state index in [2.05, 4.69) is 16.9 Å². The van der Waals surface area contributed by atoms with Crippen molar-refractivity contribution in [1.82, 2.24) is 19.1 Å². The molecule has 2 unspecified atom stereocenters. The first-order chi connectivity index (χ1) is 9.65. The monoisotopic (exact) mass is 275 g/mol. The molecule has 6 heteroatoms. The predicted molar refractivity (Wildman–Crippen MR) is 77.6 cm³/mol. The molecule has 108 valence electrons. The Morgan fingerprint density at radius 3 is 3.00 bits per heavy atom. The van der Waals surface area contributed by atoms with Gasteiger partial charge in [-0.05, 0) is 31.0 Å². The van der Waals surface area contributed by atoms with E-state index in [-0.39, 0.29) is 11.7 Å². The highest BCUT2D eigenvalue weighted by Gasteiger charge is 2.22. The largest absolute Gasteiger partial charge is 0.350 e. The molecule has 0 saturated carbocycles. The van der Waals surface area contributed by atoms with Crippen molar-refractivity contribution in [2.75, 3.05) is 19.6 Å². The van der Waals surface area contributed by atoms with Gasteiger partial charge >= 0.3 is 5.69 Å². The molecule has 1 aliphatic heterocycles. The molecule has 0 amide bonds. The minimum Gasteiger partial charge on any atom is -0.326 e. The van der Waals surface area contributed by atoms with Gasteiger partial charge in [0.2, 0.25) is 0 Å². The van der Waals surface area contributed by atoms with E-state index in [1.54, 1.807) is 15.3 Å². The maximum atomic E-state index is 12.1. The summed E-state index contributed by atoms with van der Waals surface area (Å²) in [6, 6.07) is 5.81. The molecular weight excluding hydrogens is 254 g/mol. The maximum absolute atomic E-state index is 12.1. The third-order valence-corrected chi connectivity index (χ3v) is 4.22. The van der Waals surface area contributed by atoms with Crippen LogP contribution >= 0.6 is 0 Å². The maximum Gasteiger partial charge on any atom is 0.350 e. The van der Waals surface area contributed by atoms with Crippen LogP contribution in [0.1, 0.15) is 13.3 Å². The Morgan fingerprint density at radius 1 is 1.40 bits per heavy atom. The Balaban J connectivity index is 1.68. The quantitative estimate of drug-likeness (QED) is 0.866. The second-order valence-electron chi connectivity index (χ2n) is 5.66. The lowest BCUT2D eigenvalue weighted by molar-refractivity contribution is 0.162. The number of fused-ring (bicyclic) bond motifs is 1. The third-order valence-electron chi connectivity index (χ3n) is 4.22. The number of nitrogens with two attached hydrogens (primary N) is 1. The van der Waals surface area contributed by atoms with Crippen LogP contribution in [-0.4, -0.2) is 44.8 Å². The average molecular weight is 275 g/mol. The second-order valence-corrected chi connectivity index (χ2v) is 5.66. The van der Waals surface area contributed by atoms with Gasteiger partial charge in [0.15, 0.2) is 5.65 Å². The topological polar surface area (TPSA) is 68.6 Å². The van der Waals surface area contributed by atoms with Crippen LogP contribution in [0.2, 0.25) is 0 Å². The number of nitrogens with zero attached hydrogens (tertiary/aromatic N) is 4. The van der Waals surface area contributed by atoms with E-state index in [9.17, 15) is 4.79 Å². The van der Waals surface area contributed by atoms with Gasteiger partial charge in [-0.1, -0.05) is 13.0 Å². The zero-order chi connectivity index (χ0) is 14.1. The zero-order valence-corrected chi connectivity index (χ0v) is 11.8. The lowest BCUT2D eigenvalue weighted by atomic mass is 9.94. The van der Waals surface area contributed by atoms with Gasteiger partial charge in [-0.3, -0.25) is 9.30 Å². The lowest BCUT2D eigenvalue weighted by Crippen LogP contribution is -2.48. The van der Waals surface area contributed by atoms with Crippen molar-refractivity contribution in [3.8, 4) is 0 Å². The number of rotatable bonds is 3. The van der Waals surface area contributed by atoms with Crippen molar-refractivity contribution in [1.29, 1.82) is 0 Å². The summed E-state index contributed by atoms with van der Waals surface area (Å²) in [4.78, 5) is 14.5. The fourth-order valence-electron chi connectivity index (χ4n) is 2.72. The summed E-state index contributed by atoms with van der Waals surface area (Å²) in [7, 11) is 0. The molecule has 1 saturated heterocycles. The highest BCUT2D eigenvalue weighted by molar-refractivity contribution is 5.35. The first kappa shape index (κ1) is 13.3. The van der Waals surface area contributed by atoms with Crippen LogP contribution in [0.3, 0.4) is 0 Å². The van der Waals surface area contributed by atoms with Crippen molar-refractivity contribution in [3.05, 3.63) is 34.9 Å². The highest BCUT2D eigenvalue weighted by atomic mass is 16.2. The van der Waals surface area contributed by atoms with Gasteiger partial charge in [0.1, 0.15) is 0 Å². The first-order valence-corrected chi connectivity index (χ1v) is 7.17. The van der Waals surface area contributed by atoms with Crippen LogP contribution in [0, 0.1) is 5.92 Å². The van der Waals surface area contributed by atoms with Crippen LogP contribution in [0.4, 0.5) is 0 Å². The Morgan fingerprint density at radius 2 is 2.25 bits per heavy atom. The van der Waals surface area contributed by atoms with Gasteiger partial charge in [-0.25, -0.2) is 9.48 Å². The summed E-state index contributed by atoms with van der Waals surface area (Å²) in [5.74, 6) is 0.587. The van der Waals surface area contributed by atoms with E-state index in [0.29, 0.717) is 18.1 Å². The van der Waals surface area contributed by atoms with Crippen LogP contribution in [0.25, 0.3) is 5.65 Å². The highest BCUT2D eigenvalue weighted by Crippen LogP contribution is 2.14. The molecule has 0 radical (unpaired) electrons. The van der Waals surface area contributed by atoms with Crippen molar-refractivity contribution < 1.29 is 0 Å². The molecule has 3 heterocycles. The molecule has 2 atom stereocenters. The molecule has 0 aromatic carbocycles. The predicted octanol–water partition coefficient (Wildman–Crippen LogP) is 0.165. The Hall–Kier alpha value is -1.66. The Labute approximate surface area is 117 Å². The Bertz CT molecular complexity index is 646. The van der Waals surface area contributed by atoms with E-state index in [0.717, 1.165) is 26.1 Å². The van der Waals surface area contributed by atoms with E-state index in [1.165, 1.54) is 0 Å². The van der Waals surface area contributed by atoms with Crippen molar-refractivity contribution in [3.63, 3.8) is 0 Å². The Kier molecular flexibility index (Phi) is 3.58. The standard InChI is InChI=1S/C14H21N5O/c1-11-5-7-17(10-12(11)15)8-9-19-14(20)18-6-3-2-4-13(18)16-19/h2-4,6,11-12H,5,7-10,15H2,1H3. The van der Waals surface area contributed by atoms with Crippen molar-refractivity contribution in [2.45, 2.75) is 25.9 Å². The molecule has 3 rings (SSSR count). The average Bonchev–Trinajstić information content (AvgIpc) is 2.77. The fraction of sp³-hybridized carbons (Fsp3) is 0.571. The van der Waals surface area contributed by atoms with Crippen molar-refractivity contribution in [2.24, 2.45) is 11.7 Å². The summed E-state index contributed by atoms with van der Waals surface area (Å²) in [6.45, 7) is 5.60. The lowest BCUT2D eigenvalue weighted by Gasteiger charge is -2.34. The number of hydrogen-bond acceptors (Lipinski definition) is 4. The molecule has 1 aliphatic rings. The SMILES string of the molecule is CC1CCN(CCn2nc3ccccn3c2=O)CC1N. The normalized spacial score (nSPS) is 24.3. The summed E-state index contributed by atoms with van der Waals surface area (Å²) >= 11 is 0. The van der Waals surface area contributed by atoms with E-state index in [1.807, 2.05) is 18.2 Å². The van der Waals surface area contributed by atoms with Gasteiger partial charge in [0.05, 0.1) is 6.54 Å². The van der Waals surface area contributed by atoms with Gasteiger partial charge in [0, 0.05) is 25.3 Å². The van der Waals surface area contributed by atoms with Gasteiger partial charge in [-0.2, -0.15) is 0 Å². The summed E-state index contributed by atoms with van der Waals surface area (Å²) in [5, 5.41) is 4.34. The first-order valence-electron chi connectivity index (χ1n) is 7.17. The van der Waals surface area contributed by atoms with Crippen LogP contribution in [-0.2, 0) is 6.54 Å². The summed E-state index contributed by atoms with van der Waals surface area (Å²) in [5.41, 5.74) is 6.72. The number of aromatic nitrogens is 3. The second kappa shape index (κ2) is 5.38. The zero-order valence-electron chi connectivity index (χ0n) is 11.8. The van der Waals surface area contributed by atoms with Crippen LogP contribution < -0.4 is 11.4 Å². The molecule has 2 aromatic rings. The van der Waals surface area contributed by atoms with Gasteiger partial charge < -0.3 is 5.73 Å². The number of pyridine rings is 1. The smallest absolute Gasteiger partial charge is 0.326 e. The molecule has 0 spiro atoms. The third kappa shape index (κ3) is 2.48. The molecule has 6 nitrogen and oxygen atoms in total. The molecular formula is C14H21N5O. The minimum absolute atomic E-state index is 0.0738. The minimum atomic E-state index is -0.0738. The van der Waals surface area contributed by atoms with Gasteiger partial charge in [-0.15, -0.1) is 5.10 Å². The number of likely N-dealkylation sites (tertiary alicyclic amines) is 1. The molecule has 0 bridgehead atoms. The van der Waals surface area contributed by atoms with Crippen LogP contribution in [0.5, 0.6) is 0 Å². The molecule has 0 aliphatic carbocycles. The van der Waals surface area contributed by atoms with E-state index < -0.39 is 0 Å². The molecule has 2 aromatic heterocycles. The summed E-state index contributed by atoms with van der Waals surface area (Å²) < 4.78 is 3.11. The molecule has 20 heavy (non-hydrogen) atoms. The van der Waals surface area contributed by atoms with Crippen molar-refractivity contribution >= 4 is 5.65 Å². The number of hydrogen-bond donors (Lipinski definition) is 1. The number of piperidine rings is 1. The fourth-order valence-corrected chi connectivity index (χ4v) is 2.72. The van der Waals surface area contributed by atoms with Crippen LogP contribution in [0.15, 0.2) is 29.2 Å². The summed E-state index contributed by atoms with van der Waals surface area (Å²) in [6.07, 6.45) is 2.88.